The minimum Gasteiger partial charge on any atom is -0.351 e. The topological polar surface area (TPSA) is 35.8 Å². The number of nitriles is 1. The third kappa shape index (κ3) is 2.86. The SMILES string of the molecule is Cc1cc(F)cc(Nc2c(F)cc(C#N)cc2F)c1. The van der Waals surface area contributed by atoms with Crippen LogP contribution in [0.1, 0.15) is 11.1 Å². The van der Waals surface area contributed by atoms with E-state index < -0.39 is 23.1 Å². The molecule has 0 aliphatic carbocycles. The van der Waals surface area contributed by atoms with Crippen LogP contribution >= 0.6 is 0 Å². The Balaban J connectivity index is 2.41. The lowest BCUT2D eigenvalue weighted by molar-refractivity contribution is 0.589. The lowest BCUT2D eigenvalue weighted by Crippen LogP contribution is -1.99. The quantitative estimate of drug-likeness (QED) is 0.887. The summed E-state index contributed by atoms with van der Waals surface area (Å²) < 4.78 is 40.5. The summed E-state index contributed by atoms with van der Waals surface area (Å²) in [5, 5.41) is 11.1. The third-order valence-corrected chi connectivity index (χ3v) is 2.48. The number of rotatable bonds is 2. The summed E-state index contributed by atoms with van der Waals surface area (Å²) in [4.78, 5) is 0. The Bertz CT molecular complexity index is 632. The minimum absolute atomic E-state index is 0.115. The van der Waals surface area contributed by atoms with Crippen LogP contribution in [-0.4, -0.2) is 0 Å². The molecule has 2 aromatic carbocycles. The van der Waals surface area contributed by atoms with Gasteiger partial charge in [0.25, 0.3) is 0 Å². The molecule has 0 amide bonds. The third-order valence-electron chi connectivity index (χ3n) is 2.48. The predicted octanol–water partition coefficient (Wildman–Crippen LogP) is 4.03. The molecule has 0 bridgehead atoms. The molecule has 0 radical (unpaired) electrons. The first kappa shape index (κ1) is 13.0. The van der Waals surface area contributed by atoms with Gasteiger partial charge in [0.05, 0.1) is 11.6 Å². The number of anilines is 2. The monoisotopic (exact) mass is 262 g/mol. The van der Waals surface area contributed by atoms with Gasteiger partial charge in [0.1, 0.15) is 11.5 Å². The van der Waals surface area contributed by atoms with E-state index in [-0.39, 0.29) is 11.3 Å². The van der Waals surface area contributed by atoms with E-state index in [1.54, 1.807) is 19.1 Å². The summed E-state index contributed by atoms with van der Waals surface area (Å²) in [5.41, 5.74) is 0.331. The van der Waals surface area contributed by atoms with Crippen LogP contribution in [0.15, 0.2) is 30.3 Å². The predicted molar refractivity (Wildman–Crippen MR) is 65.5 cm³/mol. The van der Waals surface area contributed by atoms with Crippen LogP contribution in [-0.2, 0) is 0 Å². The Hall–Kier alpha value is -2.48. The number of nitrogens with one attached hydrogen (secondary N) is 1. The Kier molecular flexibility index (Phi) is 3.43. The van der Waals surface area contributed by atoms with Gasteiger partial charge in [-0.3, -0.25) is 0 Å². The molecule has 2 aromatic rings. The number of benzene rings is 2. The summed E-state index contributed by atoms with van der Waals surface area (Å²) in [5.74, 6) is -2.31. The van der Waals surface area contributed by atoms with Crippen LogP contribution in [0.3, 0.4) is 0 Å². The van der Waals surface area contributed by atoms with E-state index >= 15 is 0 Å². The summed E-state index contributed by atoms with van der Waals surface area (Å²) in [6, 6.07) is 7.47. The normalized spacial score (nSPS) is 10.1. The lowest BCUT2D eigenvalue weighted by Gasteiger charge is -2.10. The van der Waals surface area contributed by atoms with E-state index in [4.69, 9.17) is 5.26 Å². The van der Waals surface area contributed by atoms with E-state index in [9.17, 15) is 13.2 Å². The maximum absolute atomic E-state index is 13.6. The van der Waals surface area contributed by atoms with Crippen molar-refractivity contribution in [2.75, 3.05) is 5.32 Å². The van der Waals surface area contributed by atoms with Gasteiger partial charge in [-0.15, -0.1) is 0 Å². The molecule has 0 unspecified atom stereocenters. The van der Waals surface area contributed by atoms with Gasteiger partial charge in [-0.2, -0.15) is 5.26 Å². The zero-order valence-corrected chi connectivity index (χ0v) is 9.97. The molecule has 0 aliphatic heterocycles. The van der Waals surface area contributed by atoms with Crippen molar-refractivity contribution < 1.29 is 13.2 Å². The average Bonchev–Trinajstić information content (AvgIpc) is 2.32. The zero-order valence-electron chi connectivity index (χ0n) is 9.97. The molecule has 0 saturated heterocycles. The van der Waals surface area contributed by atoms with Crippen molar-refractivity contribution in [1.29, 1.82) is 5.26 Å². The first-order valence-corrected chi connectivity index (χ1v) is 5.43. The number of hydrogen-bond acceptors (Lipinski definition) is 2. The van der Waals surface area contributed by atoms with Gasteiger partial charge < -0.3 is 5.32 Å². The zero-order chi connectivity index (χ0) is 14.0. The van der Waals surface area contributed by atoms with Gasteiger partial charge in [-0.1, -0.05) is 0 Å². The van der Waals surface area contributed by atoms with Crippen LogP contribution in [0.5, 0.6) is 0 Å². The van der Waals surface area contributed by atoms with Crippen LogP contribution in [0.25, 0.3) is 0 Å². The van der Waals surface area contributed by atoms with Gasteiger partial charge >= 0.3 is 0 Å². The maximum Gasteiger partial charge on any atom is 0.150 e. The summed E-state index contributed by atoms with van der Waals surface area (Å²) in [6.07, 6.45) is 0. The Morgan fingerprint density at radius 1 is 1.00 bits per heavy atom. The molecule has 96 valence electrons. The Morgan fingerprint density at radius 2 is 1.63 bits per heavy atom. The number of hydrogen-bond donors (Lipinski definition) is 1. The van der Waals surface area contributed by atoms with Crippen molar-refractivity contribution in [3.8, 4) is 6.07 Å². The molecule has 0 aromatic heterocycles. The van der Waals surface area contributed by atoms with E-state index in [0.717, 1.165) is 18.2 Å². The highest BCUT2D eigenvalue weighted by Gasteiger charge is 2.12. The smallest absolute Gasteiger partial charge is 0.150 e. The molecule has 2 rings (SSSR count). The second-order valence-corrected chi connectivity index (χ2v) is 4.07. The number of halogens is 3. The Labute approximate surface area is 108 Å². The van der Waals surface area contributed by atoms with Crippen molar-refractivity contribution in [1.82, 2.24) is 0 Å². The standard InChI is InChI=1S/C14H9F3N2/c1-8-2-10(15)6-11(3-8)19-14-12(16)4-9(7-18)5-13(14)17/h2-6,19H,1H3. The lowest BCUT2D eigenvalue weighted by atomic mass is 10.1. The van der Waals surface area contributed by atoms with Crippen LogP contribution in [0, 0.1) is 35.7 Å². The average molecular weight is 262 g/mol. The molecule has 0 saturated carbocycles. The molecule has 0 heterocycles. The minimum atomic E-state index is -0.904. The van der Waals surface area contributed by atoms with Crippen LogP contribution in [0.2, 0.25) is 0 Å². The van der Waals surface area contributed by atoms with Crippen LogP contribution in [0.4, 0.5) is 24.5 Å². The second kappa shape index (κ2) is 5.02. The van der Waals surface area contributed by atoms with Gasteiger partial charge in [-0.05, 0) is 42.8 Å². The highest BCUT2D eigenvalue weighted by Crippen LogP contribution is 2.25. The van der Waals surface area contributed by atoms with Crippen LogP contribution < -0.4 is 5.32 Å². The Morgan fingerprint density at radius 3 is 2.16 bits per heavy atom. The number of aryl methyl sites for hydroxylation is 1. The molecular weight excluding hydrogens is 253 g/mol. The summed E-state index contributed by atoms with van der Waals surface area (Å²) >= 11 is 0. The first-order valence-electron chi connectivity index (χ1n) is 5.43. The summed E-state index contributed by atoms with van der Waals surface area (Å²) in [6.45, 7) is 1.67. The molecule has 19 heavy (non-hydrogen) atoms. The van der Waals surface area contributed by atoms with E-state index in [1.807, 2.05) is 0 Å². The van der Waals surface area contributed by atoms with Gasteiger partial charge in [0, 0.05) is 5.69 Å². The molecule has 0 spiro atoms. The molecule has 1 N–H and O–H groups in total. The van der Waals surface area contributed by atoms with Gasteiger partial charge in [0.15, 0.2) is 11.6 Å². The van der Waals surface area contributed by atoms with E-state index in [1.165, 1.54) is 6.07 Å². The maximum atomic E-state index is 13.6. The highest BCUT2D eigenvalue weighted by molar-refractivity contribution is 5.62. The first-order chi connectivity index (χ1) is 8.99. The fourth-order valence-electron chi connectivity index (χ4n) is 1.71. The van der Waals surface area contributed by atoms with Crippen molar-refractivity contribution in [2.45, 2.75) is 6.92 Å². The van der Waals surface area contributed by atoms with Crippen molar-refractivity contribution in [3.05, 3.63) is 58.9 Å². The van der Waals surface area contributed by atoms with Gasteiger partial charge in [-0.25, -0.2) is 13.2 Å². The molecule has 0 atom stereocenters. The number of nitrogens with zero attached hydrogens (tertiary/aromatic N) is 1. The highest BCUT2D eigenvalue weighted by atomic mass is 19.1. The fraction of sp³-hybridized carbons (Fsp3) is 0.0714. The molecule has 0 aliphatic rings. The van der Waals surface area contributed by atoms with E-state index in [2.05, 4.69) is 5.32 Å². The molecule has 5 heteroatoms. The fourth-order valence-corrected chi connectivity index (χ4v) is 1.71. The van der Waals surface area contributed by atoms with Crippen molar-refractivity contribution in [2.24, 2.45) is 0 Å². The van der Waals surface area contributed by atoms with Crippen molar-refractivity contribution >= 4 is 11.4 Å². The second-order valence-electron chi connectivity index (χ2n) is 4.07. The van der Waals surface area contributed by atoms with Gasteiger partial charge in [0.2, 0.25) is 0 Å². The van der Waals surface area contributed by atoms with Crippen molar-refractivity contribution in [3.63, 3.8) is 0 Å². The summed E-state index contributed by atoms with van der Waals surface area (Å²) in [7, 11) is 0. The molecule has 2 nitrogen and oxygen atoms in total. The largest absolute Gasteiger partial charge is 0.351 e. The molecular formula is C14H9F3N2. The molecule has 0 fully saturated rings. The van der Waals surface area contributed by atoms with E-state index in [0.29, 0.717) is 5.56 Å².